The minimum atomic E-state index is -0.343. The fourth-order valence-corrected chi connectivity index (χ4v) is 4.18. The van der Waals surface area contributed by atoms with Crippen molar-refractivity contribution in [3.63, 3.8) is 0 Å². The van der Waals surface area contributed by atoms with Crippen molar-refractivity contribution < 1.29 is 19.1 Å². The molecule has 1 aliphatic carbocycles. The van der Waals surface area contributed by atoms with Crippen molar-refractivity contribution in [1.82, 2.24) is 4.90 Å². The molecule has 0 radical (unpaired) electrons. The highest BCUT2D eigenvalue weighted by Gasteiger charge is 2.37. The van der Waals surface area contributed by atoms with Gasteiger partial charge in [-0.1, -0.05) is 11.6 Å². The molecule has 1 aromatic carbocycles. The minimum Gasteiger partial charge on any atom is -0.492 e. The lowest BCUT2D eigenvalue weighted by atomic mass is 9.93. The Morgan fingerprint density at radius 2 is 2.04 bits per heavy atom. The Balaban J connectivity index is 2.12. The molecule has 0 amide bonds. The standard InChI is InChI=1S/C20H24ClNO4S/c1-22(2)10-13(18(23)11-5-6-11)19(24)12-9-15(27-4)20-16(17(12)21)14(25-3)7-8-26-20/h9-11,14H,5-8H2,1-4H3. The fraction of sp³-hybridized carbons (Fsp3) is 0.500. The molecule has 3 rings (SSSR count). The maximum Gasteiger partial charge on any atom is 0.199 e. The smallest absolute Gasteiger partial charge is 0.199 e. The van der Waals surface area contributed by atoms with E-state index < -0.39 is 0 Å². The van der Waals surface area contributed by atoms with E-state index in [1.54, 1.807) is 38.4 Å². The quantitative estimate of drug-likeness (QED) is 0.222. The molecule has 1 heterocycles. The number of benzene rings is 1. The number of hydrogen-bond donors (Lipinski definition) is 0. The molecule has 0 bridgehead atoms. The second-order valence-electron chi connectivity index (χ2n) is 7.02. The van der Waals surface area contributed by atoms with Gasteiger partial charge < -0.3 is 14.4 Å². The predicted molar refractivity (Wildman–Crippen MR) is 107 cm³/mol. The van der Waals surface area contributed by atoms with Crippen LogP contribution < -0.4 is 4.74 Å². The lowest BCUT2D eigenvalue weighted by Gasteiger charge is -2.28. The highest BCUT2D eigenvalue weighted by molar-refractivity contribution is 7.98. The molecule has 1 aromatic rings. The van der Waals surface area contributed by atoms with E-state index in [9.17, 15) is 9.59 Å². The van der Waals surface area contributed by atoms with Gasteiger partial charge in [0, 0.05) is 50.9 Å². The molecule has 0 saturated heterocycles. The molecule has 1 aliphatic heterocycles. The van der Waals surface area contributed by atoms with Gasteiger partial charge in [-0.05, 0) is 25.2 Å². The third-order valence-electron chi connectivity index (χ3n) is 4.76. The number of rotatable bonds is 7. The number of carbonyl (C=O) groups is 2. The summed E-state index contributed by atoms with van der Waals surface area (Å²) < 4.78 is 11.4. The zero-order valence-corrected chi connectivity index (χ0v) is 17.6. The van der Waals surface area contributed by atoms with Gasteiger partial charge in [-0.3, -0.25) is 9.59 Å². The number of ketones is 2. The molecular formula is C20H24ClNO4S. The van der Waals surface area contributed by atoms with Crippen LogP contribution in [0.1, 0.15) is 41.3 Å². The van der Waals surface area contributed by atoms with Crippen molar-refractivity contribution in [1.29, 1.82) is 0 Å². The summed E-state index contributed by atoms with van der Waals surface area (Å²) in [5.74, 6) is 0.178. The molecule has 0 N–H and O–H groups in total. The van der Waals surface area contributed by atoms with Gasteiger partial charge in [0.15, 0.2) is 11.6 Å². The average Bonchev–Trinajstić information content (AvgIpc) is 3.50. The van der Waals surface area contributed by atoms with E-state index in [-0.39, 0.29) is 29.2 Å². The highest BCUT2D eigenvalue weighted by Crippen LogP contribution is 2.46. The highest BCUT2D eigenvalue weighted by atomic mass is 35.5. The van der Waals surface area contributed by atoms with E-state index in [0.29, 0.717) is 34.9 Å². The summed E-state index contributed by atoms with van der Waals surface area (Å²) in [6, 6.07) is 1.73. The number of Topliss-reactive ketones (excluding diaryl/α,β-unsaturated/α-hetero) is 2. The van der Waals surface area contributed by atoms with Gasteiger partial charge in [0.05, 0.1) is 28.2 Å². The molecule has 5 nitrogen and oxygen atoms in total. The lowest BCUT2D eigenvalue weighted by Crippen LogP contribution is -2.21. The Hall–Kier alpha value is -1.50. The van der Waals surface area contributed by atoms with Crippen LogP contribution in [0.5, 0.6) is 5.75 Å². The number of methoxy groups -OCH3 is 1. The molecular weight excluding hydrogens is 386 g/mol. The Bertz CT molecular complexity index is 802. The van der Waals surface area contributed by atoms with Gasteiger partial charge in [-0.15, -0.1) is 11.8 Å². The number of hydrogen-bond acceptors (Lipinski definition) is 6. The van der Waals surface area contributed by atoms with Gasteiger partial charge in [-0.25, -0.2) is 0 Å². The summed E-state index contributed by atoms with van der Waals surface area (Å²) in [6.45, 7) is 0.536. The number of allylic oxidation sites excluding steroid dienone is 1. The average molecular weight is 410 g/mol. The van der Waals surface area contributed by atoms with Gasteiger partial charge in [0.2, 0.25) is 0 Å². The Kier molecular flexibility index (Phi) is 6.18. The molecule has 1 unspecified atom stereocenters. The van der Waals surface area contributed by atoms with E-state index >= 15 is 0 Å². The van der Waals surface area contributed by atoms with E-state index in [1.165, 1.54) is 11.8 Å². The monoisotopic (exact) mass is 409 g/mol. The van der Waals surface area contributed by atoms with Crippen molar-refractivity contribution in [3.8, 4) is 5.75 Å². The third-order valence-corrected chi connectivity index (χ3v) is 5.91. The van der Waals surface area contributed by atoms with E-state index in [0.717, 1.165) is 17.7 Å². The summed E-state index contributed by atoms with van der Waals surface area (Å²) in [4.78, 5) is 28.6. The summed E-state index contributed by atoms with van der Waals surface area (Å²) in [6.07, 6.45) is 5.62. The van der Waals surface area contributed by atoms with Crippen LogP contribution in [0.4, 0.5) is 0 Å². The van der Waals surface area contributed by atoms with E-state index in [2.05, 4.69) is 0 Å². The number of ether oxygens (including phenoxy) is 2. The number of fused-ring (bicyclic) bond motifs is 1. The number of thioether (sulfide) groups is 1. The van der Waals surface area contributed by atoms with Crippen LogP contribution in [0, 0.1) is 5.92 Å². The van der Waals surface area contributed by atoms with Crippen molar-refractivity contribution in [2.75, 3.05) is 34.1 Å². The van der Waals surface area contributed by atoms with Gasteiger partial charge in [-0.2, -0.15) is 0 Å². The zero-order chi connectivity index (χ0) is 19.7. The summed E-state index contributed by atoms with van der Waals surface area (Å²) >= 11 is 8.14. The van der Waals surface area contributed by atoms with Crippen molar-refractivity contribution in [2.24, 2.45) is 5.92 Å². The van der Waals surface area contributed by atoms with Crippen molar-refractivity contribution in [3.05, 3.63) is 34.0 Å². The van der Waals surface area contributed by atoms with Crippen molar-refractivity contribution in [2.45, 2.75) is 30.3 Å². The number of nitrogens with zero attached hydrogens (tertiary/aromatic N) is 1. The molecule has 0 aromatic heterocycles. The molecule has 27 heavy (non-hydrogen) atoms. The van der Waals surface area contributed by atoms with Crippen LogP contribution in [0.25, 0.3) is 0 Å². The molecule has 0 spiro atoms. The zero-order valence-electron chi connectivity index (χ0n) is 16.0. The number of carbonyl (C=O) groups excluding carboxylic acids is 2. The second-order valence-corrected chi connectivity index (χ2v) is 8.24. The Labute approximate surface area is 169 Å². The van der Waals surface area contributed by atoms with Crippen LogP contribution in [0.3, 0.4) is 0 Å². The molecule has 2 aliphatic rings. The van der Waals surface area contributed by atoms with Crippen molar-refractivity contribution >= 4 is 34.9 Å². The molecule has 7 heteroatoms. The van der Waals surface area contributed by atoms with Gasteiger partial charge in [0.1, 0.15) is 5.75 Å². The Morgan fingerprint density at radius 3 is 2.59 bits per heavy atom. The number of halogens is 1. The van der Waals surface area contributed by atoms with E-state index in [1.807, 2.05) is 6.26 Å². The SMILES string of the molecule is COC1CCOc2c(SC)cc(C(=O)C(=CN(C)C)C(=O)C3CC3)c(Cl)c21. The fourth-order valence-electron chi connectivity index (χ4n) is 3.24. The maximum absolute atomic E-state index is 13.3. The van der Waals surface area contributed by atoms with Crippen LogP contribution >= 0.6 is 23.4 Å². The normalized spacial score (nSPS) is 19.3. The first kappa shape index (κ1) is 20.2. The topological polar surface area (TPSA) is 55.8 Å². The van der Waals surface area contributed by atoms with Gasteiger partial charge >= 0.3 is 0 Å². The summed E-state index contributed by atoms with van der Waals surface area (Å²) in [5.41, 5.74) is 1.21. The maximum atomic E-state index is 13.3. The largest absolute Gasteiger partial charge is 0.492 e. The first-order valence-electron chi connectivity index (χ1n) is 8.92. The van der Waals surface area contributed by atoms with E-state index in [4.69, 9.17) is 21.1 Å². The summed E-state index contributed by atoms with van der Waals surface area (Å²) in [5, 5.41) is 0.313. The first-order valence-corrected chi connectivity index (χ1v) is 10.5. The predicted octanol–water partition coefficient (Wildman–Crippen LogP) is 4.14. The minimum absolute atomic E-state index is 0.0494. The van der Waals surface area contributed by atoms with Crippen LogP contribution in [0.15, 0.2) is 22.7 Å². The van der Waals surface area contributed by atoms with Gasteiger partial charge in [0.25, 0.3) is 0 Å². The molecule has 1 atom stereocenters. The lowest BCUT2D eigenvalue weighted by molar-refractivity contribution is -0.116. The third kappa shape index (κ3) is 4.03. The van der Waals surface area contributed by atoms with Crippen LogP contribution in [-0.2, 0) is 9.53 Å². The molecule has 146 valence electrons. The van der Waals surface area contributed by atoms with Crippen LogP contribution in [0.2, 0.25) is 5.02 Å². The Morgan fingerprint density at radius 1 is 1.33 bits per heavy atom. The first-order chi connectivity index (χ1) is 12.9. The molecule has 1 fully saturated rings. The molecule has 1 saturated carbocycles. The second kappa shape index (κ2) is 8.25. The van der Waals surface area contributed by atoms with Crippen LogP contribution in [-0.4, -0.2) is 50.5 Å². The summed E-state index contributed by atoms with van der Waals surface area (Å²) in [7, 11) is 5.21.